The molecule has 0 saturated heterocycles. The van der Waals surface area contributed by atoms with Crippen molar-refractivity contribution in [3.05, 3.63) is 102 Å². The maximum atomic E-state index is 14.3. The summed E-state index contributed by atoms with van der Waals surface area (Å²) in [6.07, 6.45) is 5.54. The summed E-state index contributed by atoms with van der Waals surface area (Å²) in [7, 11) is -3.72. The zero-order valence-corrected chi connectivity index (χ0v) is 25.1. The lowest BCUT2D eigenvalue weighted by Gasteiger charge is -2.52. The largest absolute Gasteiger partial charge is 0.392 e. The van der Waals surface area contributed by atoms with E-state index < -0.39 is 38.6 Å². The van der Waals surface area contributed by atoms with Gasteiger partial charge < -0.3 is 14.6 Å². The summed E-state index contributed by atoms with van der Waals surface area (Å²) in [4.78, 5) is 0.321. The van der Waals surface area contributed by atoms with Gasteiger partial charge in [-0.15, -0.1) is 0 Å². The highest BCUT2D eigenvalue weighted by Gasteiger charge is 2.55. The normalized spacial score (nSPS) is 32.6. The smallest absolute Gasteiger partial charge is 0.182 e. The lowest BCUT2D eigenvalue weighted by molar-refractivity contribution is -0.116. The van der Waals surface area contributed by atoms with E-state index in [2.05, 4.69) is 25.7 Å². The number of allylic oxidation sites excluding steroid dienone is 3. The molecule has 216 valence electrons. The van der Waals surface area contributed by atoms with Crippen molar-refractivity contribution < 1.29 is 23.0 Å². The topological polar surface area (TPSA) is 72.8 Å². The van der Waals surface area contributed by atoms with Crippen LogP contribution in [0.5, 0.6) is 0 Å². The molecule has 2 aromatic rings. The standard InChI is InChI=1S/C34H44O5S/c1-24-13-12-14-25(2)20-32(40(36,37)29-17-10-7-11-18-29)34(5)26(3)21-30(35)33(27(34)4)31(19-24)39-23-38-22-28-15-8-6-9-16-28/h6-11,14-19,26,30-33,35H,4,12-13,20-23H2,1-3,5H3/b24-19+,25-14+/t26-,30+,31-,32+,33+,34+/m1/s1. The molecule has 2 aliphatic carbocycles. The summed E-state index contributed by atoms with van der Waals surface area (Å²) in [6, 6.07) is 18.6. The van der Waals surface area contributed by atoms with Gasteiger partial charge in [0, 0.05) is 11.3 Å². The molecule has 40 heavy (non-hydrogen) atoms. The number of ether oxygens (including phenoxy) is 2. The van der Waals surface area contributed by atoms with Crippen LogP contribution in [-0.4, -0.2) is 37.8 Å². The van der Waals surface area contributed by atoms with E-state index in [9.17, 15) is 13.5 Å². The van der Waals surface area contributed by atoms with Crippen LogP contribution < -0.4 is 0 Å². The van der Waals surface area contributed by atoms with E-state index in [0.29, 0.717) is 24.3 Å². The SMILES string of the molecule is C=C1[C@H]2[C@@H](O)C[C@@H](C)[C@]1(C)[C@@H](S(=O)(=O)c1ccccc1)C/C(C)=C/CC/C(C)=C/[C@H]2OCOCc1ccccc1. The number of benzene rings is 2. The Kier molecular flexibility index (Phi) is 9.89. The highest BCUT2D eigenvalue weighted by atomic mass is 32.2. The molecule has 0 aliphatic heterocycles. The van der Waals surface area contributed by atoms with Gasteiger partial charge in [-0.1, -0.05) is 97.8 Å². The molecule has 2 aromatic carbocycles. The summed E-state index contributed by atoms with van der Waals surface area (Å²) in [5, 5.41) is 10.7. The Bertz CT molecular complexity index is 1310. The first-order valence-corrected chi connectivity index (χ1v) is 15.8. The van der Waals surface area contributed by atoms with Crippen LogP contribution in [0.3, 0.4) is 0 Å². The van der Waals surface area contributed by atoms with Gasteiger partial charge in [-0.3, -0.25) is 0 Å². The van der Waals surface area contributed by atoms with E-state index in [1.807, 2.05) is 57.2 Å². The lowest BCUT2D eigenvalue weighted by Crippen LogP contribution is -2.54. The minimum absolute atomic E-state index is 0.0524. The molecule has 0 heterocycles. The predicted molar refractivity (Wildman–Crippen MR) is 160 cm³/mol. The second kappa shape index (κ2) is 13.0. The van der Waals surface area contributed by atoms with E-state index in [1.54, 1.807) is 24.3 Å². The zero-order valence-electron chi connectivity index (χ0n) is 24.3. The third-order valence-corrected chi connectivity index (χ3v) is 11.4. The van der Waals surface area contributed by atoms with Crippen LogP contribution in [0.15, 0.2) is 101 Å². The molecule has 0 radical (unpaired) electrons. The van der Waals surface area contributed by atoms with Gasteiger partial charge in [0.15, 0.2) is 9.84 Å². The van der Waals surface area contributed by atoms with Crippen LogP contribution >= 0.6 is 0 Å². The summed E-state index contributed by atoms with van der Waals surface area (Å²) >= 11 is 0. The third-order valence-electron chi connectivity index (χ3n) is 9.04. The summed E-state index contributed by atoms with van der Waals surface area (Å²) in [6.45, 7) is 13.2. The highest BCUT2D eigenvalue weighted by Crippen LogP contribution is 2.54. The first-order valence-electron chi connectivity index (χ1n) is 14.3. The van der Waals surface area contributed by atoms with Gasteiger partial charge in [-0.25, -0.2) is 8.42 Å². The van der Waals surface area contributed by atoms with Gasteiger partial charge in [0.2, 0.25) is 0 Å². The Hall–Kier alpha value is -2.51. The van der Waals surface area contributed by atoms with Crippen LogP contribution in [0.25, 0.3) is 0 Å². The van der Waals surface area contributed by atoms with E-state index >= 15 is 0 Å². The quantitative estimate of drug-likeness (QED) is 0.222. The van der Waals surface area contributed by atoms with Crippen LogP contribution in [0.4, 0.5) is 0 Å². The Morgan fingerprint density at radius 1 is 1.02 bits per heavy atom. The van der Waals surface area contributed by atoms with Crippen molar-refractivity contribution in [2.45, 2.75) is 82.3 Å². The first-order chi connectivity index (χ1) is 19.0. The maximum absolute atomic E-state index is 14.3. The highest BCUT2D eigenvalue weighted by molar-refractivity contribution is 7.92. The second-order valence-electron chi connectivity index (χ2n) is 11.8. The van der Waals surface area contributed by atoms with Crippen LogP contribution in [0, 0.1) is 17.3 Å². The van der Waals surface area contributed by atoms with Gasteiger partial charge in [-0.05, 0) is 63.1 Å². The van der Waals surface area contributed by atoms with Crippen molar-refractivity contribution in [3.63, 3.8) is 0 Å². The van der Waals surface area contributed by atoms with Crippen LogP contribution in [-0.2, 0) is 25.9 Å². The zero-order chi connectivity index (χ0) is 28.9. The number of rotatable bonds is 7. The number of aliphatic hydroxyl groups is 1. The molecule has 4 rings (SSSR count). The van der Waals surface area contributed by atoms with Gasteiger partial charge in [0.25, 0.3) is 0 Å². The van der Waals surface area contributed by atoms with Crippen molar-refractivity contribution in [2.24, 2.45) is 17.3 Å². The molecule has 0 unspecified atom stereocenters. The molecule has 2 bridgehead atoms. The Morgan fingerprint density at radius 3 is 2.35 bits per heavy atom. The maximum Gasteiger partial charge on any atom is 0.182 e. The third kappa shape index (κ3) is 6.52. The fourth-order valence-corrected chi connectivity index (χ4v) is 8.80. The Balaban J connectivity index is 1.72. The minimum atomic E-state index is -3.72. The Morgan fingerprint density at radius 2 is 1.68 bits per heavy atom. The van der Waals surface area contributed by atoms with Gasteiger partial charge in [-0.2, -0.15) is 0 Å². The minimum Gasteiger partial charge on any atom is -0.392 e. The Labute approximate surface area is 240 Å². The molecule has 5 nitrogen and oxygen atoms in total. The average Bonchev–Trinajstić information content (AvgIpc) is 2.93. The predicted octanol–water partition coefficient (Wildman–Crippen LogP) is 7.04. The molecular formula is C34H44O5S. The fourth-order valence-electron chi connectivity index (χ4n) is 6.42. The number of sulfone groups is 1. The van der Waals surface area contributed by atoms with Crippen molar-refractivity contribution >= 4 is 9.84 Å². The lowest BCUT2D eigenvalue weighted by atomic mass is 9.57. The van der Waals surface area contributed by atoms with Gasteiger partial charge in [0.05, 0.1) is 29.0 Å². The molecular weight excluding hydrogens is 520 g/mol. The number of hydrogen-bond donors (Lipinski definition) is 1. The molecule has 1 N–H and O–H groups in total. The molecule has 2 aliphatic rings. The molecule has 6 heteroatoms. The second-order valence-corrected chi connectivity index (χ2v) is 13.9. The summed E-state index contributed by atoms with van der Waals surface area (Å²) in [5.74, 6) is -0.570. The molecule has 1 saturated carbocycles. The van der Waals surface area contributed by atoms with Gasteiger partial charge >= 0.3 is 0 Å². The van der Waals surface area contributed by atoms with Crippen molar-refractivity contribution in [3.8, 4) is 0 Å². The monoisotopic (exact) mass is 564 g/mol. The number of aliphatic hydroxyl groups excluding tert-OH is 1. The average molecular weight is 565 g/mol. The number of hydrogen-bond acceptors (Lipinski definition) is 5. The number of fused-ring (bicyclic) bond motifs is 2. The van der Waals surface area contributed by atoms with E-state index in [1.165, 1.54) is 0 Å². The van der Waals surface area contributed by atoms with Crippen molar-refractivity contribution in [1.29, 1.82) is 0 Å². The van der Waals surface area contributed by atoms with E-state index in [0.717, 1.165) is 35.1 Å². The van der Waals surface area contributed by atoms with Gasteiger partial charge in [0.1, 0.15) is 6.79 Å². The van der Waals surface area contributed by atoms with E-state index in [4.69, 9.17) is 9.47 Å². The molecule has 0 spiro atoms. The summed E-state index contributed by atoms with van der Waals surface area (Å²) in [5.41, 5.74) is 3.21. The van der Waals surface area contributed by atoms with Crippen molar-refractivity contribution in [1.82, 2.24) is 0 Å². The van der Waals surface area contributed by atoms with E-state index in [-0.39, 0.29) is 12.7 Å². The fraction of sp³-hybridized carbons (Fsp3) is 0.471. The molecule has 1 fully saturated rings. The molecule has 6 atom stereocenters. The van der Waals surface area contributed by atoms with Crippen LogP contribution in [0.2, 0.25) is 0 Å². The molecule has 0 amide bonds. The molecule has 0 aromatic heterocycles. The van der Waals surface area contributed by atoms with Crippen LogP contribution in [0.1, 0.15) is 58.9 Å². The summed E-state index contributed by atoms with van der Waals surface area (Å²) < 4.78 is 40.8. The van der Waals surface area contributed by atoms with Crippen molar-refractivity contribution in [2.75, 3.05) is 6.79 Å². The first kappa shape index (κ1) is 30.4.